The summed E-state index contributed by atoms with van der Waals surface area (Å²) in [6.07, 6.45) is 7.40. The standard InChI is InChI=1S/C22H22FN5O2/c23-17-3-5-18(6-4-17)26-28(19-7-8-21-16(12-19)13-24-15-25-21)22(30)2-1-10-27-11-9-20(27)14-29/h1-8,12-13,15,20,26,29H,9-11,14H2. The Morgan fingerprint density at radius 2 is 2.13 bits per heavy atom. The fourth-order valence-corrected chi connectivity index (χ4v) is 3.32. The molecule has 4 rings (SSSR count). The summed E-state index contributed by atoms with van der Waals surface area (Å²) < 4.78 is 13.3. The fourth-order valence-electron chi connectivity index (χ4n) is 3.32. The summed E-state index contributed by atoms with van der Waals surface area (Å²) in [5.41, 5.74) is 4.99. The lowest BCUT2D eigenvalue weighted by Crippen LogP contribution is -2.49. The van der Waals surface area contributed by atoms with Crippen molar-refractivity contribution in [3.05, 3.63) is 73.0 Å². The highest BCUT2D eigenvalue weighted by molar-refractivity contribution is 6.03. The van der Waals surface area contributed by atoms with Crippen LogP contribution in [0, 0.1) is 5.82 Å². The largest absolute Gasteiger partial charge is 0.395 e. The van der Waals surface area contributed by atoms with Gasteiger partial charge in [0.25, 0.3) is 5.91 Å². The van der Waals surface area contributed by atoms with Crippen molar-refractivity contribution in [2.24, 2.45) is 0 Å². The lowest BCUT2D eigenvalue weighted by Gasteiger charge is -2.39. The van der Waals surface area contributed by atoms with E-state index in [2.05, 4.69) is 20.3 Å². The average molecular weight is 407 g/mol. The van der Waals surface area contributed by atoms with E-state index < -0.39 is 0 Å². The van der Waals surface area contributed by atoms with Gasteiger partial charge in [0, 0.05) is 36.8 Å². The molecule has 0 bridgehead atoms. The van der Waals surface area contributed by atoms with Crippen molar-refractivity contribution in [2.45, 2.75) is 12.5 Å². The number of aliphatic hydroxyl groups is 1. The first-order chi connectivity index (χ1) is 14.6. The molecule has 1 aromatic heterocycles. The topological polar surface area (TPSA) is 81.6 Å². The third-order valence-corrected chi connectivity index (χ3v) is 5.13. The van der Waals surface area contributed by atoms with Crippen LogP contribution < -0.4 is 10.4 Å². The minimum atomic E-state index is -0.353. The number of benzene rings is 2. The van der Waals surface area contributed by atoms with E-state index in [1.54, 1.807) is 30.5 Å². The summed E-state index contributed by atoms with van der Waals surface area (Å²) in [6, 6.07) is 11.4. The van der Waals surface area contributed by atoms with Crippen molar-refractivity contribution in [1.29, 1.82) is 0 Å². The molecule has 3 aromatic rings. The van der Waals surface area contributed by atoms with Gasteiger partial charge in [-0.15, -0.1) is 0 Å². The third-order valence-electron chi connectivity index (χ3n) is 5.13. The minimum absolute atomic E-state index is 0.124. The number of likely N-dealkylation sites (tertiary alicyclic amines) is 1. The van der Waals surface area contributed by atoms with Crippen LogP contribution in [0.25, 0.3) is 10.9 Å². The van der Waals surface area contributed by atoms with Gasteiger partial charge in [-0.2, -0.15) is 0 Å². The van der Waals surface area contributed by atoms with Crippen LogP contribution in [0.15, 0.2) is 67.1 Å². The molecule has 1 amide bonds. The molecule has 1 unspecified atom stereocenters. The van der Waals surface area contributed by atoms with Crippen LogP contribution in [0.3, 0.4) is 0 Å². The molecular formula is C22H22FN5O2. The van der Waals surface area contributed by atoms with Crippen LogP contribution in [0.4, 0.5) is 15.8 Å². The number of nitrogens with zero attached hydrogens (tertiary/aromatic N) is 4. The van der Waals surface area contributed by atoms with Crippen molar-refractivity contribution >= 4 is 28.2 Å². The normalized spacial score (nSPS) is 16.5. The van der Waals surface area contributed by atoms with E-state index in [4.69, 9.17) is 0 Å². The molecule has 8 heteroatoms. The lowest BCUT2D eigenvalue weighted by atomic mass is 10.0. The van der Waals surface area contributed by atoms with Gasteiger partial charge in [-0.25, -0.2) is 19.4 Å². The van der Waals surface area contributed by atoms with Crippen LogP contribution in [0.5, 0.6) is 0 Å². The number of halogens is 1. The summed E-state index contributed by atoms with van der Waals surface area (Å²) in [5, 5.41) is 11.5. The first-order valence-electron chi connectivity index (χ1n) is 9.71. The third kappa shape index (κ3) is 4.45. The Hall–Kier alpha value is -3.36. The number of hydrogen-bond donors (Lipinski definition) is 2. The van der Waals surface area contributed by atoms with E-state index in [9.17, 15) is 14.3 Å². The van der Waals surface area contributed by atoms with Crippen molar-refractivity contribution in [3.8, 4) is 0 Å². The molecule has 2 heterocycles. The van der Waals surface area contributed by atoms with Crippen molar-refractivity contribution in [3.63, 3.8) is 0 Å². The first-order valence-corrected chi connectivity index (χ1v) is 9.71. The molecule has 1 aliphatic rings. The predicted molar refractivity (Wildman–Crippen MR) is 113 cm³/mol. The SMILES string of the molecule is O=C(C=CCN1CCC1CO)N(Nc1ccc(F)cc1)c1ccc2ncncc2c1. The number of carbonyl (C=O) groups is 1. The molecule has 0 spiro atoms. The molecule has 1 saturated heterocycles. The molecular weight excluding hydrogens is 385 g/mol. The Kier molecular flexibility index (Phi) is 5.97. The number of anilines is 2. The molecule has 0 saturated carbocycles. The van der Waals surface area contributed by atoms with Gasteiger partial charge in [-0.05, 0) is 48.9 Å². The maximum Gasteiger partial charge on any atom is 0.269 e. The van der Waals surface area contributed by atoms with Crippen molar-refractivity contribution in [2.75, 3.05) is 30.1 Å². The molecule has 2 N–H and O–H groups in total. The number of carbonyl (C=O) groups excluding carboxylic acids is 1. The minimum Gasteiger partial charge on any atom is -0.395 e. The number of rotatable bonds is 7. The molecule has 0 radical (unpaired) electrons. The number of amides is 1. The van der Waals surface area contributed by atoms with Gasteiger partial charge in [-0.3, -0.25) is 15.1 Å². The number of nitrogens with one attached hydrogen (secondary N) is 1. The maximum absolute atomic E-state index is 13.3. The molecule has 154 valence electrons. The average Bonchev–Trinajstić information content (AvgIpc) is 2.75. The zero-order valence-corrected chi connectivity index (χ0v) is 16.3. The van der Waals surface area contributed by atoms with E-state index in [0.29, 0.717) is 17.9 Å². The van der Waals surface area contributed by atoms with Gasteiger partial charge >= 0.3 is 0 Å². The Morgan fingerprint density at radius 1 is 1.30 bits per heavy atom. The monoisotopic (exact) mass is 407 g/mol. The molecule has 0 aliphatic carbocycles. The zero-order chi connectivity index (χ0) is 20.9. The van der Waals surface area contributed by atoms with Crippen LogP contribution in [0.1, 0.15) is 6.42 Å². The Labute approximate surface area is 173 Å². The highest BCUT2D eigenvalue weighted by Gasteiger charge is 2.25. The van der Waals surface area contributed by atoms with Gasteiger partial charge in [0.2, 0.25) is 0 Å². The second-order valence-corrected chi connectivity index (χ2v) is 7.08. The highest BCUT2D eigenvalue weighted by Crippen LogP contribution is 2.22. The summed E-state index contributed by atoms with van der Waals surface area (Å²) in [7, 11) is 0. The second kappa shape index (κ2) is 8.98. The van der Waals surface area contributed by atoms with E-state index in [0.717, 1.165) is 23.9 Å². The smallest absolute Gasteiger partial charge is 0.269 e. The lowest BCUT2D eigenvalue weighted by molar-refractivity contribution is -0.113. The Bertz CT molecular complexity index is 1050. The van der Waals surface area contributed by atoms with E-state index in [1.165, 1.54) is 29.5 Å². The van der Waals surface area contributed by atoms with E-state index >= 15 is 0 Å². The number of hydrazine groups is 1. The summed E-state index contributed by atoms with van der Waals surface area (Å²) >= 11 is 0. The summed E-state index contributed by atoms with van der Waals surface area (Å²) in [5.74, 6) is -0.634. The zero-order valence-electron chi connectivity index (χ0n) is 16.3. The second-order valence-electron chi connectivity index (χ2n) is 7.08. The van der Waals surface area contributed by atoms with Crippen LogP contribution in [0.2, 0.25) is 0 Å². The number of aromatic nitrogens is 2. The van der Waals surface area contributed by atoms with Gasteiger partial charge in [-0.1, -0.05) is 6.08 Å². The molecule has 30 heavy (non-hydrogen) atoms. The summed E-state index contributed by atoms with van der Waals surface area (Å²) in [4.78, 5) is 23.3. The fraction of sp³-hybridized carbons (Fsp3) is 0.227. The Morgan fingerprint density at radius 3 is 2.87 bits per heavy atom. The van der Waals surface area contributed by atoms with Gasteiger partial charge < -0.3 is 5.11 Å². The molecule has 2 aromatic carbocycles. The molecule has 1 fully saturated rings. The van der Waals surface area contributed by atoms with Gasteiger partial charge in [0.05, 0.1) is 23.5 Å². The van der Waals surface area contributed by atoms with Crippen LogP contribution in [-0.4, -0.2) is 51.6 Å². The van der Waals surface area contributed by atoms with Gasteiger partial charge in [0.15, 0.2) is 0 Å². The quantitative estimate of drug-likeness (QED) is 0.463. The first kappa shape index (κ1) is 19.9. The van der Waals surface area contributed by atoms with Crippen LogP contribution >= 0.6 is 0 Å². The van der Waals surface area contributed by atoms with Crippen molar-refractivity contribution in [1.82, 2.24) is 14.9 Å². The predicted octanol–water partition coefficient (Wildman–Crippen LogP) is 2.75. The van der Waals surface area contributed by atoms with Crippen molar-refractivity contribution < 1.29 is 14.3 Å². The van der Waals surface area contributed by atoms with E-state index in [1.807, 2.05) is 12.1 Å². The van der Waals surface area contributed by atoms with Gasteiger partial charge in [0.1, 0.15) is 12.1 Å². The maximum atomic E-state index is 13.3. The van der Waals surface area contributed by atoms with Crippen LogP contribution in [-0.2, 0) is 4.79 Å². The highest BCUT2D eigenvalue weighted by atomic mass is 19.1. The Balaban J connectivity index is 1.57. The number of hydrogen-bond acceptors (Lipinski definition) is 6. The number of fused-ring (bicyclic) bond motifs is 1. The summed E-state index contributed by atoms with van der Waals surface area (Å²) in [6.45, 7) is 1.62. The molecule has 1 aliphatic heterocycles. The van der Waals surface area contributed by atoms with E-state index in [-0.39, 0.29) is 24.4 Å². The molecule has 1 atom stereocenters. The number of aliphatic hydroxyl groups excluding tert-OH is 1. The molecule has 7 nitrogen and oxygen atoms in total.